The molecule has 0 aliphatic carbocycles. The highest BCUT2D eigenvalue weighted by Crippen LogP contribution is 2.23. The molecule has 1 saturated heterocycles. The molecule has 1 amide bonds. The standard InChI is InChI=1S/C61H113NO8/c1-3-5-7-9-11-13-15-17-19-20-21-22-23-24-25-26-27-28-29-30-31-32-33-34-35-37-38-40-42-44-46-48-50-55(64)54(53-69-61-60(68)59(67)58(66)56(52-63)70-61)62-57(65)51-49-47-45-43-41-39-36-18-16-14-12-10-8-6-4-2/h6,8,12,14,18,36,48,50,54-56,58-61,63-64,66-68H,3-5,7,9-11,13,15-17,19-35,37-47,49,51-53H2,1-2H3,(H,62,65)/b8-6-,14-12-,36-18-,50-48+. The molecule has 70 heavy (non-hydrogen) atoms. The summed E-state index contributed by atoms with van der Waals surface area (Å²) in [5.41, 5.74) is 0. The largest absolute Gasteiger partial charge is 0.394 e. The van der Waals surface area contributed by atoms with E-state index in [-0.39, 0.29) is 12.5 Å². The molecule has 6 N–H and O–H groups in total. The van der Waals surface area contributed by atoms with Crippen molar-refractivity contribution in [2.45, 2.75) is 320 Å². The van der Waals surface area contributed by atoms with E-state index in [0.29, 0.717) is 6.42 Å². The summed E-state index contributed by atoms with van der Waals surface area (Å²) in [6, 6.07) is -0.816. The Morgan fingerprint density at radius 2 is 0.886 bits per heavy atom. The number of aliphatic hydroxyl groups excluding tert-OH is 5. The molecule has 1 heterocycles. The third kappa shape index (κ3) is 39.7. The topological polar surface area (TPSA) is 149 Å². The molecular formula is C61H113NO8. The summed E-state index contributed by atoms with van der Waals surface area (Å²) in [7, 11) is 0. The molecule has 9 nitrogen and oxygen atoms in total. The Bertz CT molecular complexity index is 1240. The van der Waals surface area contributed by atoms with Crippen molar-refractivity contribution in [2.75, 3.05) is 13.2 Å². The van der Waals surface area contributed by atoms with Crippen molar-refractivity contribution in [1.82, 2.24) is 5.32 Å². The lowest BCUT2D eigenvalue weighted by atomic mass is 9.99. The predicted octanol–water partition coefficient (Wildman–Crippen LogP) is 14.9. The zero-order valence-electron chi connectivity index (χ0n) is 45.5. The summed E-state index contributed by atoms with van der Waals surface area (Å²) < 4.78 is 11.3. The van der Waals surface area contributed by atoms with Crippen LogP contribution in [0.1, 0.15) is 277 Å². The van der Waals surface area contributed by atoms with Gasteiger partial charge in [-0.3, -0.25) is 4.79 Å². The first-order chi connectivity index (χ1) is 34.3. The van der Waals surface area contributed by atoms with Gasteiger partial charge in [0.2, 0.25) is 5.91 Å². The van der Waals surface area contributed by atoms with E-state index in [1.54, 1.807) is 6.08 Å². The predicted molar refractivity (Wildman–Crippen MR) is 295 cm³/mol. The summed E-state index contributed by atoms with van der Waals surface area (Å²) in [6.45, 7) is 3.68. The molecule has 0 bridgehead atoms. The minimum absolute atomic E-state index is 0.193. The highest BCUT2D eigenvalue weighted by Gasteiger charge is 2.44. The van der Waals surface area contributed by atoms with Gasteiger partial charge < -0.3 is 40.3 Å². The maximum absolute atomic E-state index is 13.0. The van der Waals surface area contributed by atoms with Gasteiger partial charge in [-0.15, -0.1) is 0 Å². The van der Waals surface area contributed by atoms with Gasteiger partial charge >= 0.3 is 0 Å². The van der Waals surface area contributed by atoms with Gasteiger partial charge in [-0.05, 0) is 51.4 Å². The van der Waals surface area contributed by atoms with Gasteiger partial charge in [0.05, 0.1) is 25.4 Å². The molecule has 1 rings (SSSR count). The Morgan fingerprint density at radius 3 is 1.31 bits per heavy atom. The van der Waals surface area contributed by atoms with E-state index in [4.69, 9.17) is 9.47 Å². The lowest BCUT2D eigenvalue weighted by Gasteiger charge is -2.40. The average molecular weight is 989 g/mol. The fourth-order valence-corrected chi connectivity index (χ4v) is 9.47. The van der Waals surface area contributed by atoms with Gasteiger partial charge in [-0.25, -0.2) is 0 Å². The van der Waals surface area contributed by atoms with Crippen molar-refractivity contribution in [1.29, 1.82) is 0 Å². The summed E-state index contributed by atoms with van der Waals surface area (Å²) in [5, 5.41) is 54.5. The highest BCUT2D eigenvalue weighted by atomic mass is 16.7. The van der Waals surface area contributed by atoms with Gasteiger partial charge in [0.25, 0.3) is 0 Å². The quantitative estimate of drug-likeness (QED) is 0.0261. The van der Waals surface area contributed by atoms with Crippen LogP contribution in [0.15, 0.2) is 48.6 Å². The summed E-state index contributed by atoms with van der Waals surface area (Å²) >= 11 is 0. The fourth-order valence-electron chi connectivity index (χ4n) is 9.47. The molecule has 0 radical (unpaired) electrons. The molecule has 0 aromatic carbocycles. The molecule has 0 aromatic heterocycles. The number of amides is 1. The first-order valence-corrected chi connectivity index (χ1v) is 29.9. The number of ether oxygens (including phenoxy) is 2. The zero-order valence-corrected chi connectivity index (χ0v) is 45.5. The van der Waals surface area contributed by atoms with Gasteiger partial charge in [-0.2, -0.15) is 0 Å². The zero-order chi connectivity index (χ0) is 50.8. The number of carbonyl (C=O) groups excluding carboxylic acids is 1. The Kier molecular flexibility index (Phi) is 47.9. The minimum atomic E-state index is -1.57. The van der Waals surface area contributed by atoms with Crippen LogP contribution < -0.4 is 5.32 Å². The Morgan fingerprint density at radius 1 is 0.500 bits per heavy atom. The molecular weight excluding hydrogens is 875 g/mol. The fraction of sp³-hybridized carbons (Fsp3) is 0.852. The van der Waals surface area contributed by atoms with E-state index < -0.39 is 49.5 Å². The number of unbranched alkanes of at least 4 members (excludes halogenated alkanes) is 35. The molecule has 1 aliphatic heterocycles. The molecule has 7 atom stereocenters. The smallest absolute Gasteiger partial charge is 0.220 e. The molecule has 9 heteroatoms. The molecule has 1 fully saturated rings. The normalized spacial score (nSPS) is 19.7. The van der Waals surface area contributed by atoms with Gasteiger partial charge in [0.15, 0.2) is 6.29 Å². The first-order valence-electron chi connectivity index (χ1n) is 29.9. The van der Waals surface area contributed by atoms with E-state index in [2.05, 4.69) is 55.6 Å². The summed E-state index contributed by atoms with van der Waals surface area (Å²) in [4.78, 5) is 13.0. The maximum Gasteiger partial charge on any atom is 0.220 e. The van der Waals surface area contributed by atoms with E-state index in [9.17, 15) is 30.3 Å². The molecule has 410 valence electrons. The van der Waals surface area contributed by atoms with Crippen LogP contribution in [-0.4, -0.2) is 87.5 Å². The molecule has 1 aliphatic rings. The third-order valence-electron chi connectivity index (χ3n) is 14.2. The van der Waals surface area contributed by atoms with E-state index in [1.807, 2.05) is 6.08 Å². The second kappa shape index (κ2) is 50.7. The summed E-state index contributed by atoms with van der Waals surface area (Å²) in [5.74, 6) is -0.193. The van der Waals surface area contributed by atoms with Gasteiger partial charge in [0, 0.05) is 6.42 Å². The lowest BCUT2D eigenvalue weighted by molar-refractivity contribution is -0.302. The van der Waals surface area contributed by atoms with Crippen LogP contribution in [0, 0.1) is 0 Å². The molecule has 0 saturated carbocycles. The van der Waals surface area contributed by atoms with Crippen LogP contribution >= 0.6 is 0 Å². The van der Waals surface area contributed by atoms with Crippen LogP contribution in [0.25, 0.3) is 0 Å². The number of hydrogen-bond acceptors (Lipinski definition) is 8. The number of carbonyl (C=O) groups is 1. The van der Waals surface area contributed by atoms with Crippen LogP contribution in [0.4, 0.5) is 0 Å². The molecule has 0 aromatic rings. The van der Waals surface area contributed by atoms with Crippen LogP contribution in [0.2, 0.25) is 0 Å². The van der Waals surface area contributed by atoms with Gasteiger partial charge in [-0.1, -0.05) is 268 Å². The number of allylic oxidation sites excluding steroid dienone is 7. The first kappa shape index (κ1) is 66.2. The van der Waals surface area contributed by atoms with Crippen molar-refractivity contribution in [3.05, 3.63) is 48.6 Å². The third-order valence-corrected chi connectivity index (χ3v) is 14.2. The Labute approximate surface area is 431 Å². The Hall–Kier alpha value is -1.85. The summed E-state index contributed by atoms with van der Waals surface area (Å²) in [6.07, 6.45) is 60.6. The van der Waals surface area contributed by atoms with Crippen LogP contribution in [0.5, 0.6) is 0 Å². The Balaban J connectivity index is 2.15. The lowest BCUT2D eigenvalue weighted by Crippen LogP contribution is -2.60. The second-order valence-corrected chi connectivity index (χ2v) is 20.8. The number of hydrogen-bond donors (Lipinski definition) is 6. The molecule has 7 unspecified atom stereocenters. The van der Waals surface area contributed by atoms with Gasteiger partial charge in [0.1, 0.15) is 24.4 Å². The molecule has 0 spiro atoms. The van der Waals surface area contributed by atoms with E-state index in [1.165, 1.54) is 180 Å². The van der Waals surface area contributed by atoms with Crippen molar-refractivity contribution < 1.29 is 39.8 Å². The second-order valence-electron chi connectivity index (χ2n) is 20.8. The minimum Gasteiger partial charge on any atom is -0.394 e. The average Bonchev–Trinajstić information content (AvgIpc) is 3.36. The number of aliphatic hydroxyl groups is 5. The van der Waals surface area contributed by atoms with Crippen LogP contribution in [0.3, 0.4) is 0 Å². The van der Waals surface area contributed by atoms with Crippen molar-refractivity contribution >= 4 is 5.91 Å². The van der Waals surface area contributed by atoms with E-state index >= 15 is 0 Å². The SMILES string of the molecule is CC/C=C\C/C=C\C/C=C\CCCCCCCC(=O)NC(COC1OC(CO)C(O)C(O)C1O)C(O)/C=C/CCCCCCCCCCCCCCCCCCCCCCCCCCCCCCCC. The maximum atomic E-state index is 13.0. The van der Waals surface area contributed by atoms with Crippen molar-refractivity contribution in [3.8, 4) is 0 Å². The van der Waals surface area contributed by atoms with Crippen molar-refractivity contribution in [2.24, 2.45) is 0 Å². The number of nitrogens with one attached hydrogen (secondary N) is 1. The number of rotatable bonds is 51. The van der Waals surface area contributed by atoms with Crippen molar-refractivity contribution in [3.63, 3.8) is 0 Å². The highest BCUT2D eigenvalue weighted by molar-refractivity contribution is 5.76. The van der Waals surface area contributed by atoms with E-state index in [0.717, 1.165) is 77.0 Å². The van der Waals surface area contributed by atoms with Crippen LogP contribution in [-0.2, 0) is 14.3 Å². The monoisotopic (exact) mass is 988 g/mol.